The number of hydrogen-bond donors (Lipinski definition) is 1. The summed E-state index contributed by atoms with van der Waals surface area (Å²) < 4.78 is 12.2. The van der Waals surface area contributed by atoms with Gasteiger partial charge in [0.1, 0.15) is 6.10 Å². The highest BCUT2D eigenvalue weighted by Gasteiger charge is 2.32. The highest BCUT2D eigenvalue weighted by molar-refractivity contribution is 7.21. The topological polar surface area (TPSA) is 67.9 Å². The lowest BCUT2D eigenvalue weighted by atomic mass is 9.86. The third-order valence-electron chi connectivity index (χ3n) is 6.36. The monoisotopic (exact) mass is 444 g/mol. The average Bonchev–Trinajstić information content (AvgIpc) is 3.20. The zero-order valence-corrected chi connectivity index (χ0v) is 19.0. The minimum Gasteiger partial charge on any atom is -0.383 e. The number of nitrogens with zero attached hydrogens (tertiary/aromatic N) is 1. The number of morpholine rings is 1. The smallest absolute Gasteiger partial charge is 0.261 e. The van der Waals surface area contributed by atoms with Gasteiger partial charge in [0.15, 0.2) is 0 Å². The maximum absolute atomic E-state index is 13.0. The molecule has 0 bridgehead atoms. The Labute approximate surface area is 187 Å². The quantitative estimate of drug-likeness (QED) is 0.652. The minimum atomic E-state index is -0.289. The fraction of sp³-hybridized carbons (Fsp3) is 0.583. The number of rotatable bonds is 7. The Morgan fingerprint density at radius 3 is 2.84 bits per heavy atom. The summed E-state index contributed by atoms with van der Waals surface area (Å²) in [5, 5.41) is 3.98. The normalized spacial score (nSPS) is 20.2. The van der Waals surface area contributed by atoms with Gasteiger partial charge < -0.3 is 19.7 Å². The Morgan fingerprint density at radius 1 is 1.23 bits per heavy atom. The predicted octanol–water partition coefficient (Wildman–Crippen LogP) is 4.15. The van der Waals surface area contributed by atoms with E-state index >= 15 is 0 Å². The van der Waals surface area contributed by atoms with Crippen LogP contribution in [-0.4, -0.2) is 56.7 Å². The number of benzene rings is 1. The molecular formula is C24H32N2O4S. The molecule has 1 saturated heterocycles. The van der Waals surface area contributed by atoms with E-state index in [0.717, 1.165) is 15.6 Å². The summed E-state index contributed by atoms with van der Waals surface area (Å²) in [6.45, 7) is 2.55. The fourth-order valence-corrected chi connectivity index (χ4v) is 5.89. The SMILES string of the molecule is COCCNC(=O)c1sc2ccccc2c1[C@H]1CN(C(=O)CC2CCCCC2)CCO1. The second-order valence-electron chi connectivity index (χ2n) is 8.50. The maximum atomic E-state index is 13.0. The molecule has 1 atom stereocenters. The highest BCUT2D eigenvalue weighted by Crippen LogP contribution is 2.38. The van der Waals surface area contributed by atoms with E-state index < -0.39 is 0 Å². The van der Waals surface area contributed by atoms with Crippen molar-refractivity contribution in [1.82, 2.24) is 10.2 Å². The van der Waals surface area contributed by atoms with Crippen LogP contribution < -0.4 is 5.32 Å². The van der Waals surface area contributed by atoms with Gasteiger partial charge in [-0.3, -0.25) is 9.59 Å². The van der Waals surface area contributed by atoms with Crippen molar-refractivity contribution in [3.8, 4) is 0 Å². The van der Waals surface area contributed by atoms with E-state index in [9.17, 15) is 9.59 Å². The first-order valence-corrected chi connectivity index (χ1v) is 12.2. The van der Waals surface area contributed by atoms with Gasteiger partial charge in [-0.1, -0.05) is 37.5 Å². The average molecular weight is 445 g/mol. The van der Waals surface area contributed by atoms with Crippen molar-refractivity contribution in [2.24, 2.45) is 5.92 Å². The molecule has 1 aliphatic heterocycles. The molecule has 2 amide bonds. The molecule has 1 saturated carbocycles. The van der Waals surface area contributed by atoms with Gasteiger partial charge in [-0.2, -0.15) is 0 Å². The Hall–Kier alpha value is -1.96. The Kier molecular flexibility index (Phi) is 7.58. The number of thiophene rings is 1. The Balaban J connectivity index is 1.53. The van der Waals surface area contributed by atoms with Gasteiger partial charge in [0, 0.05) is 36.9 Å². The summed E-state index contributed by atoms with van der Waals surface area (Å²) in [7, 11) is 1.62. The number of hydrogen-bond acceptors (Lipinski definition) is 5. The second-order valence-corrected chi connectivity index (χ2v) is 9.55. The summed E-state index contributed by atoms with van der Waals surface area (Å²) in [4.78, 5) is 28.6. The van der Waals surface area contributed by atoms with E-state index in [1.54, 1.807) is 7.11 Å². The zero-order valence-electron chi connectivity index (χ0n) is 18.2. The first-order valence-electron chi connectivity index (χ1n) is 11.3. The third-order valence-corrected chi connectivity index (χ3v) is 7.55. The molecule has 1 aromatic heterocycles. The van der Waals surface area contributed by atoms with Gasteiger partial charge in [-0.25, -0.2) is 0 Å². The molecule has 2 aromatic rings. The first kappa shape index (κ1) is 22.2. The lowest BCUT2D eigenvalue weighted by molar-refractivity contribution is -0.140. The number of carbonyl (C=O) groups is 2. The number of nitrogens with one attached hydrogen (secondary N) is 1. The fourth-order valence-electron chi connectivity index (χ4n) is 4.72. The van der Waals surface area contributed by atoms with Crippen molar-refractivity contribution >= 4 is 33.2 Å². The summed E-state index contributed by atoms with van der Waals surface area (Å²) in [6.07, 6.45) is 6.47. The molecule has 6 nitrogen and oxygen atoms in total. The van der Waals surface area contributed by atoms with Gasteiger partial charge in [0.25, 0.3) is 5.91 Å². The van der Waals surface area contributed by atoms with Crippen molar-refractivity contribution < 1.29 is 19.1 Å². The van der Waals surface area contributed by atoms with Gasteiger partial charge in [0.2, 0.25) is 5.91 Å². The number of methoxy groups -OCH3 is 1. The van der Waals surface area contributed by atoms with Gasteiger partial charge in [-0.15, -0.1) is 11.3 Å². The molecule has 0 spiro atoms. The van der Waals surface area contributed by atoms with Crippen LogP contribution >= 0.6 is 11.3 Å². The van der Waals surface area contributed by atoms with Gasteiger partial charge >= 0.3 is 0 Å². The molecular weight excluding hydrogens is 412 g/mol. The van der Waals surface area contributed by atoms with Crippen LogP contribution in [0.5, 0.6) is 0 Å². The third kappa shape index (κ3) is 5.27. The molecule has 31 heavy (non-hydrogen) atoms. The largest absolute Gasteiger partial charge is 0.383 e. The van der Waals surface area contributed by atoms with Crippen LogP contribution in [0.2, 0.25) is 0 Å². The van der Waals surface area contributed by atoms with E-state index in [1.165, 1.54) is 43.4 Å². The second kappa shape index (κ2) is 10.6. The van der Waals surface area contributed by atoms with Crippen molar-refractivity contribution in [3.05, 3.63) is 34.7 Å². The van der Waals surface area contributed by atoms with E-state index in [0.29, 0.717) is 50.1 Å². The van der Waals surface area contributed by atoms with Gasteiger partial charge in [-0.05, 0) is 30.2 Å². The lowest BCUT2D eigenvalue weighted by Crippen LogP contribution is -2.43. The summed E-state index contributed by atoms with van der Waals surface area (Å²) in [5.74, 6) is 0.639. The minimum absolute atomic E-state index is 0.109. The molecule has 1 N–H and O–H groups in total. The van der Waals surface area contributed by atoms with Crippen molar-refractivity contribution in [2.45, 2.75) is 44.6 Å². The van der Waals surface area contributed by atoms with Crippen molar-refractivity contribution in [3.63, 3.8) is 0 Å². The molecule has 2 fully saturated rings. The van der Waals surface area contributed by atoms with Crippen LogP contribution in [0.15, 0.2) is 24.3 Å². The predicted molar refractivity (Wildman–Crippen MR) is 122 cm³/mol. The summed E-state index contributed by atoms with van der Waals surface area (Å²) in [5.41, 5.74) is 0.908. The Morgan fingerprint density at radius 2 is 2.03 bits per heavy atom. The molecule has 4 rings (SSSR count). The van der Waals surface area contributed by atoms with E-state index in [2.05, 4.69) is 5.32 Å². The molecule has 7 heteroatoms. The summed E-state index contributed by atoms with van der Waals surface area (Å²) >= 11 is 1.49. The molecule has 0 unspecified atom stereocenters. The van der Waals surface area contributed by atoms with Crippen LogP contribution in [-0.2, 0) is 14.3 Å². The first-order chi connectivity index (χ1) is 15.2. The number of fused-ring (bicyclic) bond motifs is 1. The van der Waals surface area contributed by atoms with Crippen LogP contribution in [0.4, 0.5) is 0 Å². The van der Waals surface area contributed by atoms with E-state index in [1.807, 2.05) is 29.2 Å². The Bertz CT molecular complexity index is 906. The molecule has 2 heterocycles. The van der Waals surface area contributed by atoms with E-state index in [4.69, 9.17) is 9.47 Å². The van der Waals surface area contributed by atoms with Crippen molar-refractivity contribution in [2.75, 3.05) is 40.0 Å². The maximum Gasteiger partial charge on any atom is 0.261 e. The van der Waals surface area contributed by atoms with Crippen LogP contribution in [0.1, 0.15) is 59.9 Å². The van der Waals surface area contributed by atoms with Crippen molar-refractivity contribution in [1.29, 1.82) is 0 Å². The van der Waals surface area contributed by atoms with E-state index in [-0.39, 0.29) is 17.9 Å². The number of carbonyl (C=O) groups excluding carboxylic acids is 2. The standard InChI is InChI=1S/C24H32N2O4S/c1-29-13-11-25-24(28)23-22(18-9-5-6-10-20(18)31-23)19-16-26(12-14-30-19)21(27)15-17-7-3-2-4-8-17/h5-6,9-10,17,19H,2-4,7-8,11-16H2,1H3,(H,25,28)/t19-/m1/s1. The molecule has 2 aliphatic rings. The van der Waals surface area contributed by atoms with Crippen LogP contribution in [0.3, 0.4) is 0 Å². The number of amides is 2. The highest BCUT2D eigenvalue weighted by atomic mass is 32.1. The lowest BCUT2D eigenvalue weighted by Gasteiger charge is -2.34. The van der Waals surface area contributed by atoms with Gasteiger partial charge in [0.05, 0.1) is 24.6 Å². The molecule has 1 aliphatic carbocycles. The zero-order chi connectivity index (χ0) is 21.6. The molecule has 168 valence electrons. The molecule has 0 radical (unpaired) electrons. The number of ether oxygens (including phenoxy) is 2. The summed E-state index contributed by atoms with van der Waals surface area (Å²) in [6, 6.07) is 8.04. The van der Waals surface area contributed by atoms with Crippen LogP contribution in [0, 0.1) is 5.92 Å². The van der Waals surface area contributed by atoms with Crippen LogP contribution in [0.25, 0.3) is 10.1 Å². The molecule has 1 aromatic carbocycles.